The maximum atomic E-state index is 12.5. The van der Waals surface area contributed by atoms with Gasteiger partial charge in [0.1, 0.15) is 11.8 Å². The Morgan fingerprint density at radius 3 is 2.76 bits per heavy atom. The van der Waals surface area contributed by atoms with E-state index in [9.17, 15) is 20.0 Å². The summed E-state index contributed by atoms with van der Waals surface area (Å²) in [6, 6.07) is 2.06. The van der Waals surface area contributed by atoms with Crippen LogP contribution in [-0.2, 0) is 4.79 Å². The third-order valence-corrected chi connectivity index (χ3v) is 3.62. The second-order valence-corrected chi connectivity index (χ2v) is 4.73. The largest absolute Gasteiger partial charge is 0.496 e. The quantitative estimate of drug-likeness (QED) is 0.851. The van der Waals surface area contributed by atoms with Crippen molar-refractivity contribution in [3.8, 4) is 11.8 Å². The number of carboxylic acids is 1. The molecule has 1 aromatic carbocycles. The number of carbonyl (C=O) groups is 2. The first kappa shape index (κ1) is 15.1. The molecule has 2 rings (SSSR count). The number of rotatable bonds is 4. The Morgan fingerprint density at radius 2 is 2.29 bits per heavy atom. The number of nitriles is 1. The third-order valence-electron chi connectivity index (χ3n) is 3.29. The van der Waals surface area contributed by atoms with Crippen LogP contribution in [0.25, 0.3) is 0 Å². The molecule has 2 atom stereocenters. The molecule has 1 heterocycles. The van der Waals surface area contributed by atoms with E-state index in [1.54, 1.807) is 0 Å². The molecule has 7 nitrogen and oxygen atoms in total. The molecular weight excluding hydrogens is 300 g/mol. The van der Waals surface area contributed by atoms with Crippen LogP contribution in [0.5, 0.6) is 5.75 Å². The fourth-order valence-electron chi connectivity index (χ4n) is 2.35. The van der Waals surface area contributed by atoms with E-state index >= 15 is 0 Å². The van der Waals surface area contributed by atoms with Crippen LogP contribution >= 0.6 is 11.6 Å². The monoisotopic (exact) mass is 310 g/mol. The van der Waals surface area contributed by atoms with Crippen LogP contribution in [0.2, 0.25) is 5.02 Å². The van der Waals surface area contributed by atoms with Crippen LogP contribution < -0.4 is 4.74 Å². The van der Waals surface area contributed by atoms with Crippen molar-refractivity contribution in [2.24, 2.45) is 0 Å². The zero-order chi connectivity index (χ0) is 15.7. The Morgan fingerprint density at radius 1 is 1.62 bits per heavy atom. The number of methoxy groups -OCH3 is 1. The molecule has 1 aliphatic rings. The second kappa shape index (κ2) is 5.60. The van der Waals surface area contributed by atoms with Gasteiger partial charge >= 0.3 is 5.97 Å². The molecule has 2 unspecified atom stereocenters. The van der Waals surface area contributed by atoms with Crippen molar-refractivity contribution in [1.29, 1.82) is 5.26 Å². The molecule has 2 N–H and O–H groups in total. The summed E-state index contributed by atoms with van der Waals surface area (Å²) in [5.41, 5.74) is 0.250. The lowest BCUT2D eigenvalue weighted by Gasteiger charge is -2.25. The number of aliphatic hydroxyl groups is 1. The van der Waals surface area contributed by atoms with Gasteiger partial charge in [0, 0.05) is 10.6 Å². The molecule has 21 heavy (non-hydrogen) atoms. The second-order valence-electron chi connectivity index (χ2n) is 4.32. The van der Waals surface area contributed by atoms with Crippen LogP contribution in [-0.4, -0.2) is 46.7 Å². The number of carbonyl (C=O) groups excluding carboxylic acids is 1. The molecule has 0 aliphatic carbocycles. The standard InChI is InChI=1S/C13H11ClN2O5/c1-21-9-3-2-6(14)10-7(4-15)16(12(18)11(9)10)8(5-17)13(19)20/h2-3,7-8,17H,5H2,1H3,(H,19,20). The molecule has 0 bridgehead atoms. The van der Waals surface area contributed by atoms with E-state index in [1.165, 1.54) is 19.2 Å². The van der Waals surface area contributed by atoms with E-state index in [0.29, 0.717) is 0 Å². The number of carboxylic acid groups (broad SMARTS) is 1. The van der Waals surface area contributed by atoms with Crippen molar-refractivity contribution in [2.45, 2.75) is 12.1 Å². The van der Waals surface area contributed by atoms with Gasteiger partial charge in [0.05, 0.1) is 25.3 Å². The van der Waals surface area contributed by atoms with Crippen LogP contribution in [0, 0.1) is 11.3 Å². The number of benzene rings is 1. The van der Waals surface area contributed by atoms with Gasteiger partial charge in [-0.2, -0.15) is 5.26 Å². The number of halogens is 1. The van der Waals surface area contributed by atoms with Crippen molar-refractivity contribution >= 4 is 23.5 Å². The molecule has 110 valence electrons. The van der Waals surface area contributed by atoms with Crippen LogP contribution in [0.15, 0.2) is 12.1 Å². The number of aliphatic hydroxyl groups excluding tert-OH is 1. The highest BCUT2D eigenvalue weighted by Crippen LogP contribution is 2.43. The molecule has 1 aliphatic heterocycles. The van der Waals surface area contributed by atoms with Crippen LogP contribution in [0.4, 0.5) is 0 Å². The highest BCUT2D eigenvalue weighted by molar-refractivity contribution is 6.32. The number of amides is 1. The summed E-state index contributed by atoms with van der Waals surface area (Å²) in [5, 5.41) is 27.8. The fraction of sp³-hybridized carbons (Fsp3) is 0.308. The summed E-state index contributed by atoms with van der Waals surface area (Å²) >= 11 is 6.03. The Balaban J connectivity index is 2.66. The maximum Gasteiger partial charge on any atom is 0.328 e. The molecule has 1 amide bonds. The minimum atomic E-state index is -1.53. The summed E-state index contributed by atoms with van der Waals surface area (Å²) < 4.78 is 5.07. The van der Waals surface area contributed by atoms with Gasteiger partial charge in [-0.15, -0.1) is 0 Å². The lowest BCUT2D eigenvalue weighted by molar-refractivity contribution is -0.144. The summed E-state index contributed by atoms with van der Waals surface area (Å²) in [6.07, 6.45) is 0. The first-order valence-corrected chi connectivity index (χ1v) is 6.28. The van der Waals surface area contributed by atoms with E-state index in [-0.39, 0.29) is 21.9 Å². The smallest absolute Gasteiger partial charge is 0.328 e. The lowest BCUT2D eigenvalue weighted by atomic mass is 10.0. The number of nitrogens with zero attached hydrogens (tertiary/aromatic N) is 2. The van der Waals surface area contributed by atoms with E-state index in [4.69, 9.17) is 21.4 Å². The molecule has 0 fully saturated rings. The third kappa shape index (κ3) is 2.18. The van der Waals surface area contributed by atoms with Crippen molar-refractivity contribution in [1.82, 2.24) is 4.90 Å². The summed E-state index contributed by atoms with van der Waals surface area (Å²) in [5.74, 6) is -1.92. The van der Waals surface area contributed by atoms with Gasteiger partial charge < -0.3 is 19.8 Å². The topological polar surface area (TPSA) is 111 Å². The molecule has 0 saturated carbocycles. The van der Waals surface area contributed by atoms with Crippen molar-refractivity contribution < 1.29 is 24.5 Å². The minimum absolute atomic E-state index is 0.0521. The van der Waals surface area contributed by atoms with Gasteiger partial charge in [-0.1, -0.05) is 11.6 Å². The number of aliphatic carboxylic acids is 1. The van der Waals surface area contributed by atoms with Gasteiger partial charge in [-0.05, 0) is 12.1 Å². The van der Waals surface area contributed by atoms with Gasteiger partial charge in [-0.25, -0.2) is 4.79 Å². The van der Waals surface area contributed by atoms with Crippen molar-refractivity contribution in [2.75, 3.05) is 13.7 Å². The van der Waals surface area contributed by atoms with Crippen molar-refractivity contribution in [3.63, 3.8) is 0 Å². The Kier molecular flexibility index (Phi) is 4.02. The Bertz CT molecular complexity index is 655. The molecule has 0 radical (unpaired) electrons. The predicted molar refractivity (Wildman–Crippen MR) is 71.0 cm³/mol. The number of fused-ring (bicyclic) bond motifs is 1. The highest BCUT2D eigenvalue weighted by atomic mass is 35.5. The van der Waals surface area contributed by atoms with E-state index in [2.05, 4.69) is 0 Å². The van der Waals surface area contributed by atoms with E-state index < -0.39 is 30.6 Å². The van der Waals surface area contributed by atoms with Crippen LogP contribution in [0.1, 0.15) is 22.0 Å². The highest BCUT2D eigenvalue weighted by Gasteiger charge is 2.46. The first-order chi connectivity index (χ1) is 9.97. The number of ether oxygens (including phenoxy) is 1. The van der Waals surface area contributed by atoms with Gasteiger partial charge in [0.15, 0.2) is 6.04 Å². The predicted octanol–water partition coefficient (Wildman–Crippen LogP) is 0.815. The molecule has 8 heteroatoms. The molecule has 0 spiro atoms. The fourth-order valence-corrected chi connectivity index (χ4v) is 2.61. The van der Waals surface area contributed by atoms with Gasteiger partial charge in [0.25, 0.3) is 5.91 Å². The van der Waals surface area contributed by atoms with E-state index in [0.717, 1.165) is 4.90 Å². The molecular formula is C13H11ClN2O5. The first-order valence-electron chi connectivity index (χ1n) is 5.90. The number of hydrogen-bond donors (Lipinski definition) is 2. The van der Waals surface area contributed by atoms with Crippen molar-refractivity contribution in [3.05, 3.63) is 28.3 Å². The van der Waals surface area contributed by atoms with Gasteiger partial charge in [0.2, 0.25) is 0 Å². The van der Waals surface area contributed by atoms with Gasteiger partial charge in [-0.3, -0.25) is 4.79 Å². The van der Waals surface area contributed by atoms with Crippen LogP contribution in [0.3, 0.4) is 0 Å². The summed E-state index contributed by atoms with van der Waals surface area (Å²) in [7, 11) is 1.35. The normalized spacial score (nSPS) is 18.1. The zero-order valence-electron chi connectivity index (χ0n) is 10.9. The molecule has 0 aromatic heterocycles. The average Bonchev–Trinajstić information content (AvgIpc) is 2.75. The lowest BCUT2D eigenvalue weighted by Crippen LogP contribution is -2.45. The Labute approximate surface area is 124 Å². The molecule has 1 aromatic rings. The molecule has 0 saturated heterocycles. The van der Waals surface area contributed by atoms with E-state index in [1.807, 2.05) is 6.07 Å². The SMILES string of the molecule is COc1ccc(Cl)c2c1C(=O)N(C(CO)C(=O)O)C2C#N. The number of hydrogen-bond acceptors (Lipinski definition) is 5. The average molecular weight is 311 g/mol. The summed E-state index contributed by atoms with van der Waals surface area (Å²) in [4.78, 5) is 24.5. The zero-order valence-corrected chi connectivity index (χ0v) is 11.7. The maximum absolute atomic E-state index is 12.5. The summed E-state index contributed by atoms with van der Waals surface area (Å²) in [6.45, 7) is -0.812. The Hall–Kier alpha value is -2.30. The minimum Gasteiger partial charge on any atom is -0.496 e.